The van der Waals surface area contributed by atoms with Crippen LogP contribution in [0.15, 0.2) is 6.07 Å². The SMILES string of the molecule is CCc1cc(=S)nc(C2(OC)CCOCC2)[nH]1. The molecule has 0 unspecified atom stereocenters. The third-order valence-corrected chi connectivity index (χ3v) is 3.51. The minimum atomic E-state index is -0.364. The lowest BCUT2D eigenvalue weighted by molar-refractivity contribution is -0.100. The van der Waals surface area contributed by atoms with Gasteiger partial charge in [-0.3, -0.25) is 0 Å². The number of aryl methyl sites for hydroxylation is 1. The van der Waals surface area contributed by atoms with Crippen LogP contribution in [0.4, 0.5) is 0 Å². The van der Waals surface area contributed by atoms with Crippen molar-refractivity contribution in [2.45, 2.75) is 31.8 Å². The highest BCUT2D eigenvalue weighted by atomic mass is 32.1. The molecule has 1 aliphatic rings. The maximum atomic E-state index is 5.70. The Balaban J connectivity index is 2.42. The van der Waals surface area contributed by atoms with Gasteiger partial charge >= 0.3 is 0 Å². The summed E-state index contributed by atoms with van der Waals surface area (Å²) >= 11 is 5.20. The van der Waals surface area contributed by atoms with E-state index in [1.807, 2.05) is 6.07 Å². The molecule has 94 valence electrons. The average molecular weight is 254 g/mol. The molecule has 17 heavy (non-hydrogen) atoms. The fourth-order valence-corrected chi connectivity index (χ4v) is 2.39. The Labute approximate surface area is 106 Å². The molecule has 1 aromatic heterocycles. The number of aromatic amines is 1. The molecule has 1 aliphatic heterocycles. The first-order valence-corrected chi connectivity index (χ1v) is 6.34. The molecular weight excluding hydrogens is 236 g/mol. The number of rotatable bonds is 3. The lowest BCUT2D eigenvalue weighted by Gasteiger charge is -2.34. The second-order valence-electron chi connectivity index (χ2n) is 4.26. The number of H-pyrrole nitrogens is 1. The van der Waals surface area contributed by atoms with Crippen molar-refractivity contribution in [3.8, 4) is 0 Å². The Bertz CT molecular complexity index is 438. The first-order chi connectivity index (χ1) is 8.20. The minimum Gasteiger partial charge on any atom is -0.381 e. The van der Waals surface area contributed by atoms with Crippen LogP contribution in [0.1, 0.15) is 31.3 Å². The normalized spacial score (nSPS) is 19.2. The van der Waals surface area contributed by atoms with Crippen molar-refractivity contribution in [2.75, 3.05) is 20.3 Å². The molecule has 0 saturated carbocycles. The van der Waals surface area contributed by atoms with Gasteiger partial charge in [0.25, 0.3) is 0 Å². The van der Waals surface area contributed by atoms with Crippen LogP contribution in [0, 0.1) is 4.64 Å². The number of nitrogens with zero attached hydrogens (tertiary/aromatic N) is 1. The van der Waals surface area contributed by atoms with Crippen molar-refractivity contribution >= 4 is 12.2 Å². The van der Waals surface area contributed by atoms with Crippen LogP contribution >= 0.6 is 12.2 Å². The van der Waals surface area contributed by atoms with Crippen LogP contribution in [-0.4, -0.2) is 30.3 Å². The molecule has 1 fully saturated rings. The summed E-state index contributed by atoms with van der Waals surface area (Å²) in [6, 6.07) is 1.90. The molecule has 0 radical (unpaired) electrons. The molecule has 1 saturated heterocycles. The van der Waals surface area contributed by atoms with Crippen LogP contribution in [0.2, 0.25) is 0 Å². The van der Waals surface area contributed by atoms with Crippen LogP contribution in [0.25, 0.3) is 0 Å². The number of nitrogens with one attached hydrogen (secondary N) is 1. The van der Waals surface area contributed by atoms with E-state index in [2.05, 4.69) is 16.9 Å². The summed E-state index contributed by atoms with van der Waals surface area (Å²) in [5.41, 5.74) is 0.736. The summed E-state index contributed by atoms with van der Waals surface area (Å²) in [4.78, 5) is 7.77. The second kappa shape index (κ2) is 5.25. The van der Waals surface area contributed by atoms with Gasteiger partial charge in [-0.15, -0.1) is 0 Å². The number of methoxy groups -OCH3 is 1. The monoisotopic (exact) mass is 254 g/mol. The molecule has 0 bridgehead atoms. The molecule has 1 aromatic rings. The topological polar surface area (TPSA) is 47.1 Å². The number of hydrogen-bond donors (Lipinski definition) is 1. The highest BCUT2D eigenvalue weighted by Crippen LogP contribution is 2.33. The largest absolute Gasteiger partial charge is 0.381 e. The maximum absolute atomic E-state index is 5.70. The zero-order valence-electron chi connectivity index (χ0n) is 10.3. The summed E-state index contributed by atoms with van der Waals surface area (Å²) in [5, 5.41) is 0. The molecule has 0 aromatic carbocycles. The number of aromatic nitrogens is 2. The Morgan fingerprint density at radius 1 is 1.53 bits per heavy atom. The second-order valence-corrected chi connectivity index (χ2v) is 4.68. The van der Waals surface area contributed by atoms with Gasteiger partial charge in [-0.2, -0.15) is 0 Å². The molecule has 0 amide bonds. The van der Waals surface area contributed by atoms with Gasteiger partial charge in [0.15, 0.2) is 0 Å². The van der Waals surface area contributed by atoms with E-state index < -0.39 is 0 Å². The van der Waals surface area contributed by atoms with Gasteiger partial charge < -0.3 is 14.5 Å². The molecular formula is C12H18N2O2S. The third kappa shape index (κ3) is 2.56. The van der Waals surface area contributed by atoms with Crippen LogP contribution in [0.3, 0.4) is 0 Å². The van der Waals surface area contributed by atoms with Crippen LogP contribution < -0.4 is 0 Å². The summed E-state index contributed by atoms with van der Waals surface area (Å²) in [6.45, 7) is 3.49. The maximum Gasteiger partial charge on any atom is 0.140 e. The van der Waals surface area contributed by atoms with E-state index in [0.717, 1.165) is 30.8 Å². The van der Waals surface area contributed by atoms with Gasteiger partial charge in [0.1, 0.15) is 16.1 Å². The van der Waals surface area contributed by atoms with E-state index in [4.69, 9.17) is 21.7 Å². The molecule has 5 heteroatoms. The van der Waals surface area contributed by atoms with Gasteiger partial charge in [0.05, 0.1) is 0 Å². The first-order valence-electron chi connectivity index (χ1n) is 5.94. The minimum absolute atomic E-state index is 0.364. The van der Waals surface area contributed by atoms with E-state index in [9.17, 15) is 0 Å². The van der Waals surface area contributed by atoms with Crippen LogP contribution in [-0.2, 0) is 21.5 Å². The van der Waals surface area contributed by atoms with Crippen molar-refractivity contribution in [2.24, 2.45) is 0 Å². The highest BCUT2D eigenvalue weighted by Gasteiger charge is 2.36. The van der Waals surface area contributed by atoms with E-state index >= 15 is 0 Å². The van der Waals surface area contributed by atoms with Crippen molar-refractivity contribution in [3.05, 3.63) is 22.2 Å². The zero-order valence-corrected chi connectivity index (χ0v) is 11.1. The quantitative estimate of drug-likeness (QED) is 0.841. The smallest absolute Gasteiger partial charge is 0.140 e. The fourth-order valence-electron chi connectivity index (χ4n) is 2.15. The van der Waals surface area contributed by atoms with E-state index in [-0.39, 0.29) is 5.60 Å². The molecule has 4 nitrogen and oxygen atoms in total. The first kappa shape index (κ1) is 12.7. The molecule has 0 aliphatic carbocycles. The van der Waals surface area contributed by atoms with E-state index in [0.29, 0.717) is 17.9 Å². The average Bonchev–Trinajstić information content (AvgIpc) is 2.38. The predicted octanol–water partition coefficient (Wildman–Crippen LogP) is 2.35. The lowest BCUT2D eigenvalue weighted by atomic mass is 9.93. The van der Waals surface area contributed by atoms with Crippen molar-refractivity contribution in [1.82, 2.24) is 9.97 Å². The van der Waals surface area contributed by atoms with Gasteiger partial charge in [-0.05, 0) is 12.5 Å². The Hall–Kier alpha value is -0.780. The summed E-state index contributed by atoms with van der Waals surface area (Å²) in [6.07, 6.45) is 2.54. The fraction of sp³-hybridized carbons (Fsp3) is 0.667. The number of ether oxygens (including phenoxy) is 2. The lowest BCUT2D eigenvalue weighted by Crippen LogP contribution is -2.37. The molecule has 1 N–H and O–H groups in total. The van der Waals surface area contributed by atoms with E-state index in [1.54, 1.807) is 7.11 Å². The zero-order chi connectivity index (χ0) is 12.3. The van der Waals surface area contributed by atoms with E-state index in [1.165, 1.54) is 0 Å². The van der Waals surface area contributed by atoms with Gasteiger partial charge in [-0.1, -0.05) is 19.1 Å². The van der Waals surface area contributed by atoms with Gasteiger partial charge in [0, 0.05) is 38.9 Å². The van der Waals surface area contributed by atoms with Crippen molar-refractivity contribution < 1.29 is 9.47 Å². The van der Waals surface area contributed by atoms with Crippen LogP contribution in [0.5, 0.6) is 0 Å². The van der Waals surface area contributed by atoms with Crippen molar-refractivity contribution in [1.29, 1.82) is 0 Å². The summed E-state index contributed by atoms with van der Waals surface area (Å²) < 4.78 is 11.7. The third-order valence-electron chi connectivity index (χ3n) is 3.30. The highest BCUT2D eigenvalue weighted by molar-refractivity contribution is 7.71. The molecule has 0 spiro atoms. The van der Waals surface area contributed by atoms with Crippen molar-refractivity contribution in [3.63, 3.8) is 0 Å². The Morgan fingerprint density at radius 2 is 2.24 bits per heavy atom. The predicted molar refractivity (Wildman–Crippen MR) is 67.5 cm³/mol. The summed E-state index contributed by atoms with van der Waals surface area (Å²) in [7, 11) is 1.72. The Morgan fingerprint density at radius 3 is 2.82 bits per heavy atom. The standard InChI is InChI=1S/C12H18N2O2S/c1-3-9-8-10(17)14-11(13-9)12(15-2)4-6-16-7-5-12/h8H,3-7H2,1-2H3,(H,13,14,17). The molecule has 2 heterocycles. The van der Waals surface area contributed by atoms with Gasteiger partial charge in [-0.25, -0.2) is 4.98 Å². The molecule has 2 rings (SSSR count). The number of hydrogen-bond acceptors (Lipinski definition) is 4. The van der Waals surface area contributed by atoms with Gasteiger partial charge in [0.2, 0.25) is 0 Å². The Kier molecular flexibility index (Phi) is 3.91. The molecule has 0 atom stereocenters. The summed E-state index contributed by atoms with van der Waals surface area (Å²) in [5.74, 6) is 0.840.